The van der Waals surface area contributed by atoms with E-state index in [0.717, 1.165) is 0 Å². The molecule has 0 bridgehead atoms. The number of rotatable bonds is 1. The molecule has 0 aromatic heterocycles. The minimum Gasteiger partial charge on any atom is -0.274 e. The Labute approximate surface area is 123 Å². The highest BCUT2D eigenvalue weighted by molar-refractivity contribution is 6.26. The maximum atomic E-state index is 13.9. The number of benzene rings is 1. The third kappa shape index (κ3) is 1.83. The molecule has 2 amide bonds. The van der Waals surface area contributed by atoms with Crippen LogP contribution in [0.1, 0.15) is 18.9 Å². The van der Waals surface area contributed by atoms with Crippen LogP contribution in [-0.4, -0.2) is 11.8 Å². The average Bonchev–Trinajstić information content (AvgIpc) is 3.07. The van der Waals surface area contributed by atoms with Crippen LogP contribution >= 0.6 is 0 Å². The van der Waals surface area contributed by atoms with Gasteiger partial charge in [0.15, 0.2) is 23.3 Å². The second kappa shape index (κ2) is 4.24. The van der Waals surface area contributed by atoms with Gasteiger partial charge in [0.05, 0.1) is 11.3 Å². The van der Waals surface area contributed by atoms with Gasteiger partial charge in [0.1, 0.15) is 11.3 Å². The second-order valence-electron chi connectivity index (χ2n) is 5.63. The van der Waals surface area contributed by atoms with Gasteiger partial charge in [-0.1, -0.05) is 0 Å². The molecule has 1 aliphatic carbocycles. The SMILES string of the molecule is CC12CC1C(=O)N(c1c(F)c(F)c(C(F)(F)F)c(F)c1F)C2=O. The molecule has 3 nitrogen and oxygen atoms in total. The molecule has 124 valence electrons. The molecule has 1 aromatic carbocycles. The van der Waals surface area contributed by atoms with E-state index in [4.69, 9.17) is 0 Å². The summed E-state index contributed by atoms with van der Waals surface area (Å²) in [6.45, 7) is 1.31. The molecule has 10 heteroatoms. The van der Waals surface area contributed by atoms with Crippen LogP contribution in [-0.2, 0) is 15.8 Å². The molecule has 1 aromatic rings. The molecular weight excluding hydrogens is 335 g/mol. The van der Waals surface area contributed by atoms with Crippen LogP contribution in [0.4, 0.5) is 36.4 Å². The lowest BCUT2D eigenvalue weighted by Gasteiger charge is -2.21. The Morgan fingerprint density at radius 1 is 1.00 bits per heavy atom. The van der Waals surface area contributed by atoms with Gasteiger partial charge >= 0.3 is 6.18 Å². The highest BCUT2D eigenvalue weighted by atomic mass is 19.4. The first-order valence-electron chi connectivity index (χ1n) is 6.24. The molecule has 2 atom stereocenters. The zero-order valence-electron chi connectivity index (χ0n) is 11.2. The zero-order valence-corrected chi connectivity index (χ0v) is 11.2. The van der Waals surface area contributed by atoms with Crippen LogP contribution in [0.15, 0.2) is 0 Å². The summed E-state index contributed by atoms with van der Waals surface area (Å²) in [7, 11) is 0. The number of carbonyl (C=O) groups is 2. The van der Waals surface area contributed by atoms with E-state index < -0.39 is 63.8 Å². The maximum Gasteiger partial charge on any atom is 0.422 e. The number of fused-ring (bicyclic) bond motifs is 1. The monoisotopic (exact) mass is 341 g/mol. The quantitative estimate of drug-likeness (QED) is 0.447. The van der Waals surface area contributed by atoms with E-state index in [2.05, 4.69) is 0 Å². The standard InChI is InChI=1S/C13H6F7NO2/c1-12-2-3(12)10(22)21(11(12)23)9-7(16)5(14)4(13(18,19)20)6(15)8(9)17/h3H,2H2,1H3. The van der Waals surface area contributed by atoms with E-state index in [-0.39, 0.29) is 11.3 Å². The van der Waals surface area contributed by atoms with Gasteiger partial charge in [-0.15, -0.1) is 0 Å². The fraction of sp³-hybridized carbons (Fsp3) is 0.385. The summed E-state index contributed by atoms with van der Waals surface area (Å²) in [5.74, 6) is -13.4. The van der Waals surface area contributed by atoms with Gasteiger partial charge in [-0.3, -0.25) is 9.59 Å². The van der Waals surface area contributed by atoms with Crippen molar-refractivity contribution >= 4 is 17.5 Å². The number of piperidine rings is 1. The van der Waals surface area contributed by atoms with Crippen molar-refractivity contribution in [1.82, 2.24) is 0 Å². The van der Waals surface area contributed by atoms with E-state index in [1.807, 2.05) is 0 Å². The topological polar surface area (TPSA) is 37.4 Å². The largest absolute Gasteiger partial charge is 0.422 e. The maximum absolute atomic E-state index is 13.9. The fourth-order valence-corrected chi connectivity index (χ4v) is 2.75. The molecular formula is C13H6F7NO2. The van der Waals surface area contributed by atoms with Crippen molar-refractivity contribution in [2.24, 2.45) is 11.3 Å². The summed E-state index contributed by atoms with van der Waals surface area (Å²) in [4.78, 5) is 23.7. The van der Waals surface area contributed by atoms with Crippen molar-refractivity contribution in [2.45, 2.75) is 19.5 Å². The Morgan fingerprint density at radius 3 is 1.83 bits per heavy atom. The Balaban J connectivity index is 2.24. The first-order valence-corrected chi connectivity index (χ1v) is 6.24. The Hall–Kier alpha value is -2.13. The number of anilines is 1. The molecule has 23 heavy (non-hydrogen) atoms. The lowest BCUT2D eigenvalue weighted by atomic mass is 10.1. The zero-order chi connectivity index (χ0) is 17.5. The third-order valence-corrected chi connectivity index (χ3v) is 4.19. The van der Waals surface area contributed by atoms with Crippen LogP contribution in [0, 0.1) is 34.6 Å². The van der Waals surface area contributed by atoms with E-state index in [9.17, 15) is 40.3 Å². The summed E-state index contributed by atoms with van der Waals surface area (Å²) >= 11 is 0. The second-order valence-corrected chi connectivity index (χ2v) is 5.63. The van der Waals surface area contributed by atoms with Crippen molar-refractivity contribution in [3.05, 3.63) is 28.8 Å². The summed E-state index contributed by atoms with van der Waals surface area (Å²) in [5.41, 5.74) is -5.76. The lowest BCUT2D eigenvalue weighted by molar-refractivity contribution is -0.143. The van der Waals surface area contributed by atoms with Crippen LogP contribution in [0.3, 0.4) is 0 Å². The first-order chi connectivity index (χ1) is 10.4. The lowest BCUT2D eigenvalue weighted by Crippen LogP contribution is -2.37. The third-order valence-electron chi connectivity index (χ3n) is 4.19. The van der Waals surface area contributed by atoms with Crippen molar-refractivity contribution in [2.75, 3.05) is 4.90 Å². The average molecular weight is 341 g/mol. The van der Waals surface area contributed by atoms with Gasteiger partial charge in [0, 0.05) is 0 Å². The molecule has 2 unspecified atom stereocenters. The summed E-state index contributed by atoms with van der Waals surface area (Å²) in [6.07, 6.45) is -5.59. The van der Waals surface area contributed by atoms with Gasteiger partial charge in [-0.05, 0) is 13.3 Å². The van der Waals surface area contributed by atoms with Gasteiger partial charge < -0.3 is 0 Å². The molecule has 1 saturated heterocycles. The molecule has 0 spiro atoms. The van der Waals surface area contributed by atoms with E-state index >= 15 is 0 Å². The predicted molar refractivity (Wildman–Crippen MR) is 60.0 cm³/mol. The molecule has 2 fully saturated rings. The normalized spacial score (nSPS) is 26.8. The van der Waals surface area contributed by atoms with Gasteiger partial charge in [0.2, 0.25) is 11.8 Å². The molecule has 3 rings (SSSR count). The van der Waals surface area contributed by atoms with Crippen molar-refractivity contribution in [3.8, 4) is 0 Å². The van der Waals surface area contributed by atoms with Crippen LogP contribution < -0.4 is 4.90 Å². The fourth-order valence-electron chi connectivity index (χ4n) is 2.75. The number of hydrogen-bond donors (Lipinski definition) is 0. The predicted octanol–water partition coefficient (Wildman–Crippen LogP) is 3.16. The van der Waals surface area contributed by atoms with Crippen molar-refractivity contribution < 1.29 is 40.3 Å². The number of halogens is 7. The Bertz CT molecular complexity index is 744. The van der Waals surface area contributed by atoms with Crippen LogP contribution in [0.5, 0.6) is 0 Å². The number of amides is 2. The minimum atomic E-state index is -5.69. The Kier molecular flexibility index (Phi) is 2.90. The number of alkyl halides is 3. The first kappa shape index (κ1) is 15.8. The van der Waals surface area contributed by atoms with Crippen LogP contribution in [0.2, 0.25) is 0 Å². The van der Waals surface area contributed by atoms with Crippen molar-refractivity contribution in [3.63, 3.8) is 0 Å². The highest BCUT2D eigenvalue weighted by Crippen LogP contribution is 2.60. The van der Waals surface area contributed by atoms with E-state index in [1.165, 1.54) is 6.92 Å². The van der Waals surface area contributed by atoms with E-state index in [1.54, 1.807) is 0 Å². The molecule has 1 heterocycles. The summed E-state index contributed by atoms with van der Waals surface area (Å²) in [6, 6.07) is 0. The number of carbonyl (C=O) groups excluding carboxylic acids is 2. The van der Waals surface area contributed by atoms with Crippen molar-refractivity contribution in [1.29, 1.82) is 0 Å². The van der Waals surface area contributed by atoms with Crippen LogP contribution in [0.25, 0.3) is 0 Å². The molecule has 1 aliphatic heterocycles. The van der Waals surface area contributed by atoms with Gasteiger partial charge in [-0.2, -0.15) is 13.2 Å². The smallest absolute Gasteiger partial charge is 0.274 e. The molecule has 0 N–H and O–H groups in total. The highest BCUT2D eigenvalue weighted by Gasteiger charge is 2.69. The number of hydrogen-bond acceptors (Lipinski definition) is 2. The molecule has 2 aliphatic rings. The molecule has 1 saturated carbocycles. The minimum absolute atomic E-state index is 0.107. The molecule has 0 radical (unpaired) electrons. The summed E-state index contributed by atoms with van der Waals surface area (Å²) in [5, 5.41) is 0. The number of imide groups is 1. The number of nitrogens with zero attached hydrogens (tertiary/aromatic N) is 1. The van der Waals surface area contributed by atoms with E-state index in [0.29, 0.717) is 0 Å². The van der Waals surface area contributed by atoms with Gasteiger partial charge in [-0.25, -0.2) is 22.5 Å². The summed E-state index contributed by atoms with van der Waals surface area (Å²) < 4.78 is 92.4. The van der Waals surface area contributed by atoms with Gasteiger partial charge in [0.25, 0.3) is 0 Å². The Morgan fingerprint density at radius 2 is 1.48 bits per heavy atom.